The number of rotatable bonds is 6. The number of nitrogens with two attached hydrogens (primary N) is 1. The summed E-state index contributed by atoms with van der Waals surface area (Å²) in [6.07, 6.45) is 4.45. The summed E-state index contributed by atoms with van der Waals surface area (Å²) >= 11 is 1.82. The molecule has 0 aromatic carbocycles. The van der Waals surface area contributed by atoms with E-state index in [2.05, 4.69) is 22.1 Å². The third-order valence-corrected chi connectivity index (χ3v) is 6.14. The third kappa shape index (κ3) is 3.63. The highest BCUT2D eigenvalue weighted by atomic mass is 32.2. The first-order chi connectivity index (χ1) is 9.56. The van der Waals surface area contributed by atoms with Gasteiger partial charge in [-0.15, -0.1) is 0 Å². The van der Waals surface area contributed by atoms with Gasteiger partial charge in [-0.2, -0.15) is 11.8 Å². The maximum absolute atomic E-state index is 12.4. The molecule has 0 bridgehead atoms. The van der Waals surface area contributed by atoms with Crippen molar-refractivity contribution in [2.45, 2.75) is 42.4 Å². The SMILES string of the molecule is CCSC1CCCC1NS(=O)(=O)c1ccnc(NN)c1. The molecule has 1 aliphatic rings. The van der Waals surface area contributed by atoms with E-state index in [-0.39, 0.29) is 10.9 Å². The minimum atomic E-state index is -3.53. The van der Waals surface area contributed by atoms with E-state index in [0.717, 1.165) is 25.0 Å². The first kappa shape index (κ1) is 15.6. The minimum absolute atomic E-state index is 0.00685. The van der Waals surface area contributed by atoms with Gasteiger partial charge in [0.15, 0.2) is 0 Å². The van der Waals surface area contributed by atoms with Crippen LogP contribution >= 0.6 is 11.8 Å². The Morgan fingerprint density at radius 1 is 1.50 bits per heavy atom. The Balaban J connectivity index is 2.14. The molecule has 2 rings (SSSR count). The van der Waals surface area contributed by atoms with E-state index in [4.69, 9.17) is 5.84 Å². The quantitative estimate of drug-likeness (QED) is 0.541. The molecule has 0 spiro atoms. The van der Waals surface area contributed by atoms with Crippen molar-refractivity contribution in [2.24, 2.45) is 5.84 Å². The molecule has 112 valence electrons. The smallest absolute Gasteiger partial charge is 0.241 e. The summed E-state index contributed by atoms with van der Waals surface area (Å²) in [5.41, 5.74) is 2.35. The van der Waals surface area contributed by atoms with Gasteiger partial charge in [-0.1, -0.05) is 13.3 Å². The number of sulfonamides is 1. The normalized spacial score (nSPS) is 22.9. The Kier molecular flexibility index (Phi) is 5.25. The molecular formula is C12H20N4O2S2. The van der Waals surface area contributed by atoms with Gasteiger partial charge in [0.05, 0.1) is 4.90 Å². The van der Waals surface area contributed by atoms with E-state index in [1.54, 1.807) is 0 Å². The van der Waals surface area contributed by atoms with Crippen molar-refractivity contribution in [3.63, 3.8) is 0 Å². The average Bonchev–Trinajstić information content (AvgIpc) is 2.86. The Morgan fingerprint density at radius 3 is 3.00 bits per heavy atom. The number of nitrogens with one attached hydrogen (secondary N) is 2. The molecule has 1 aromatic rings. The van der Waals surface area contributed by atoms with Gasteiger partial charge in [0, 0.05) is 23.6 Å². The first-order valence-corrected chi connectivity index (χ1v) is 9.16. The molecule has 8 heteroatoms. The highest BCUT2D eigenvalue weighted by Gasteiger charge is 2.31. The van der Waals surface area contributed by atoms with E-state index < -0.39 is 10.0 Å². The number of nitrogens with zero attached hydrogens (tertiary/aromatic N) is 1. The standard InChI is InChI=1S/C12H20N4O2S2/c1-2-19-11-5-3-4-10(11)16-20(17,18)9-6-7-14-12(8-9)15-13/h6-8,10-11,16H,2-5,13H2,1H3,(H,14,15). The van der Waals surface area contributed by atoms with E-state index in [0.29, 0.717) is 11.1 Å². The van der Waals surface area contributed by atoms with Crippen molar-refractivity contribution in [3.05, 3.63) is 18.3 Å². The molecule has 2 atom stereocenters. The number of hydrazine groups is 1. The predicted molar refractivity (Wildman–Crippen MR) is 81.9 cm³/mol. The lowest BCUT2D eigenvalue weighted by molar-refractivity contribution is 0.555. The molecule has 1 heterocycles. The molecular weight excluding hydrogens is 296 g/mol. The Labute approximate surface area is 123 Å². The number of pyridine rings is 1. The van der Waals surface area contributed by atoms with Crippen molar-refractivity contribution in [1.29, 1.82) is 0 Å². The number of anilines is 1. The van der Waals surface area contributed by atoms with Gasteiger partial charge < -0.3 is 5.43 Å². The van der Waals surface area contributed by atoms with Crippen molar-refractivity contribution in [3.8, 4) is 0 Å². The molecule has 1 aliphatic carbocycles. The Hall–Kier alpha value is -0.830. The number of nitrogen functional groups attached to an aromatic ring is 1. The topological polar surface area (TPSA) is 97.1 Å². The number of hydrogen-bond acceptors (Lipinski definition) is 6. The predicted octanol–water partition coefficient (Wildman–Crippen LogP) is 1.32. The Bertz CT molecular complexity index is 550. The zero-order valence-corrected chi connectivity index (χ0v) is 13.0. The molecule has 0 aliphatic heterocycles. The molecule has 1 aromatic heterocycles. The highest BCUT2D eigenvalue weighted by molar-refractivity contribution is 8.00. The molecule has 0 radical (unpaired) electrons. The fourth-order valence-electron chi connectivity index (χ4n) is 2.40. The van der Waals surface area contributed by atoms with Gasteiger partial charge in [-0.05, 0) is 24.7 Å². The molecule has 20 heavy (non-hydrogen) atoms. The molecule has 0 saturated heterocycles. The summed E-state index contributed by atoms with van der Waals surface area (Å²) in [5, 5.41) is 0.365. The van der Waals surface area contributed by atoms with E-state index >= 15 is 0 Å². The van der Waals surface area contributed by atoms with Crippen LogP contribution in [-0.4, -0.2) is 30.4 Å². The second-order valence-electron chi connectivity index (χ2n) is 4.67. The van der Waals surface area contributed by atoms with Crippen LogP contribution in [0.5, 0.6) is 0 Å². The Morgan fingerprint density at radius 2 is 2.30 bits per heavy atom. The van der Waals surface area contributed by atoms with Crippen molar-refractivity contribution < 1.29 is 8.42 Å². The van der Waals surface area contributed by atoms with E-state index in [1.165, 1.54) is 18.3 Å². The largest absolute Gasteiger partial charge is 0.308 e. The van der Waals surface area contributed by atoms with Crippen LogP contribution in [0.1, 0.15) is 26.2 Å². The molecule has 4 N–H and O–H groups in total. The maximum Gasteiger partial charge on any atom is 0.241 e. The van der Waals surface area contributed by atoms with Crippen LogP contribution in [0.3, 0.4) is 0 Å². The van der Waals surface area contributed by atoms with Gasteiger partial charge in [0.1, 0.15) is 5.82 Å². The summed E-state index contributed by atoms with van der Waals surface area (Å²) in [6, 6.07) is 2.91. The molecule has 6 nitrogen and oxygen atoms in total. The van der Waals surface area contributed by atoms with Crippen LogP contribution in [0.25, 0.3) is 0 Å². The fraction of sp³-hybridized carbons (Fsp3) is 0.583. The zero-order valence-electron chi connectivity index (χ0n) is 11.4. The van der Waals surface area contributed by atoms with Crippen LogP contribution in [0.15, 0.2) is 23.2 Å². The van der Waals surface area contributed by atoms with Crippen LogP contribution in [0, 0.1) is 0 Å². The van der Waals surface area contributed by atoms with Crippen molar-refractivity contribution >= 4 is 27.6 Å². The molecule has 1 fully saturated rings. The van der Waals surface area contributed by atoms with Gasteiger partial charge in [0.2, 0.25) is 10.0 Å². The molecule has 2 unspecified atom stereocenters. The van der Waals surface area contributed by atoms with Gasteiger partial charge in [-0.3, -0.25) is 0 Å². The van der Waals surface area contributed by atoms with E-state index in [1.807, 2.05) is 11.8 Å². The third-order valence-electron chi connectivity index (χ3n) is 3.33. The number of thioether (sulfide) groups is 1. The summed E-state index contributed by atoms with van der Waals surface area (Å²) in [4.78, 5) is 4.10. The lowest BCUT2D eigenvalue weighted by Crippen LogP contribution is -2.38. The number of hydrogen-bond donors (Lipinski definition) is 3. The lowest BCUT2D eigenvalue weighted by atomic mass is 10.3. The summed E-state index contributed by atoms with van der Waals surface area (Å²) < 4.78 is 27.6. The zero-order chi connectivity index (χ0) is 14.6. The summed E-state index contributed by atoms with van der Waals surface area (Å²) in [5.74, 6) is 6.59. The highest BCUT2D eigenvalue weighted by Crippen LogP contribution is 2.31. The monoisotopic (exact) mass is 316 g/mol. The van der Waals surface area contributed by atoms with Crippen molar-refractivity contribution in [2.75, 3.05) is 11.2 Å². The minimum Gasteiger partial charge on any atom is -0.308 e. The second-order valence-corrected chi connectivity index (χ2v) is 7.90. The first-order valence-electron chi connectivity index (χ1n) is 6.63. The molecule has 0 amide bonds. The molecule has 1 saturated carbocycles. The average molecular weight is 316 g/mol. The van der Waals surface area contributed by atoms with Crippen LogP contribution in [0.4, 0.5) is 5.82 Å². The fourth-order valence-corrected chi connectivity index (χ4v) is 5.01. The van der Waals surface area contributed by atoms with Crippen LogP contribution < -0.4 is 16.0 Å². The second kappa shape index (κ2) is 6.75. The van der Waals surface area contributed by atoms with Crippen molar-refractivity contribution in [1.82, 2.24) is 9.71 Å². The lowest BCUT2D eigenvalue weighted by Gasteiger charge is -2.20. The van der Waals surface area contributed by atoms with Gasteiger partial charge in [-0.25, -0.2) is 24.0 Å². The maximum atomic E-state index is 12.4. The van der Waals surface area contributed by atoms with Crippen LogP contribution in [0.2, 0.25) is 0 Å². The number of aromatic nitrogens is 1. The summed E-state index contributed by atoms with van der Waals surface area (Å²) in [6.45, 7) is 2.09. The van der Waals surface area contributed by atoms with Gasteiger partial charge >= 0.3 is 0 Å². The van der Waals surface area contributed by atoms with Crippen LogP contribution in [-0.2, 0) is 10.0 Å². The van der Waals surface area contributed by atoms with Gasteiger partial charge in [0.25, 0.3) is 0 Å². The summed E-state index contributed by atoms with van der Waals surface area (Å²) in [7, 11) is -3.53. The van der Waals surface area contributed by atoms with E-state index in [9.17, 15) is 8.42 Å².